The number of benzene rings is 1. The Hall–Kier alpha value is -2.10. The molecule has 0 fully saturated rings. The van der Waals surface area contributed by atoms with Crippen molar-refractivity contribution < 1.29 is 0 Å². The van der Waals surface area contributed by atoms with Crippen molar-refractivity contribution in [3.63, 3.8) is 0 Å². The predicted molar refractivity (Wildman–Crippen MR) is 89.2 cm³/mol. The highest BCUT2D eigenvalue weighted by Crippen LogP contribution is 2.21. The van der Waals surface area contributed by atoms with Gasteiger partial charge in [-0.25, -0.2) is 4.98 Å². The fraction of sp³-hybridized carbons (Fsp3) is 0.412. The highest BCUT2D eigenvalue weighted by molar-refractivity contribution is 5.60. The highest BCUT2D eigenvalue weighted by atomic mass is 15.1. The van der Waals surface area contributed by atoms with Gasteiger partial charge in [-0.3, -0.25) is 0 Å². The lowest BCUT2D eigenvalue weighted by Gasteiger charge is -2.11. The number of nitrogens with one attached hydrogen (secondary N) is 2. The van der Waals surface area contributed by atoms with Crippen LogP contribution in [0.4, 0.5) is 17.5 Å². The first-order valence-electron chi connectivity index (χ1n) is 7.61. The zero-order valence-electron chi connectivity index (χ0n) is 13.1. The van der Waals surface area contributed by atoms with Crippen molar-refractivity contribution in [2.24, 2.45) is 0 Å². The third-order valence-corrected chi connectivity index (χ3v) is 3.59. The Bertz CT molecular complexity index is 581. The Kier molecular flexibility index (Phi) is 5.55. The number of hydrogen-bond donors (Lipinski definition) is 2. The van der Waals surface area contributed by atoms with Gasteiger partial charge >= 0.3 is 0 Å². The summed E-state index contributed by atoms with van der Waals surface area (Å²) in [6.07, 6.45) is 5.42. The average molecular weight is 284 g/mol. The molecule has 2 N–H and O–H groups in total. The van der Waals surface area contributed by atoms with Gasteiger partial charge < -0.3 is 10.6 Å². The van der Waals surface area contributed by atoms with Gasteiger partial charge in [-0.2, -0.15) is 4.98 Å². The van der Waals surface area contributed by atoms with E-state index in [1.807, 2.05) is 18.2 Å². The molecule has 0 unspecified atom stereocenters. The van der Waals surface area contributed by atoms with Crippen LogP contribution >= 0.6 is 0 Å². The molecule has 0 amide bonds. The molecular formula is C17H24N4. The standard InChI is InChI=1S/C17H24N4/c1-4-5-6-11-18-16-10-12-19-17(21-16)20-15-9-7-8-13(2)14(15)3/h7-10,12H,4-6,11H2,1-3H3,(H2,18,19,20,21). The predicted octanol–water partition coefficient (Wildman–Crippen LogP) is 4.44. The van der Waals surface area contributed by atoms with Gasteiger partial charge in [0.2, 0.25) is 5.95 Å². The molecule has 1 aromatic heterocycles. The first-order chi connectivity index (χ1) is 10.2. The van der Waals surface area contributed by atoms with Gasteiger partial charge in [-0.05, 0) is 43.5 Å². The molecule has 0 aliphatic rings. The van der Waals surface area contributed by atoms with Gasteiger partial charge in [0.05, 0.1) is 0 Å². The summed E-state index contributed by atoms with van der Waals surface area (Å²) in [5.41, 5.74) is 3.54. The number of rotatable bonds is 7. The van der Waals surface area contributed by atoms with E-state index >= 15 is 0 Å². The minimum absolute atomic E-state index is 0.629. The summed E-state index contributed by atoms with van der Waals surface area (Å²) in [6.45, 7) is 7.36. The van der Waals surface area contributed by atoms with Crippen molar-refractivity contribution in [2.75, 3.05) is 17.2 Å². The smallest absolute Gasteiger partial charge is 0.229 e. The maximum absolute atomic E-state index is 4.50. The SMILES string of the molecule is CCCCCNc1ccnc(Nc2cccc(C)c2C)n1. The molecule has 112 valence electrons. The molecule has 1 heterocycles. The topological polar surface area (TPSA) is 49.8 Å². The zero-order valence-corrected chi connectivity index (χ0v) is 13.1. The molecule has 2 aromatic rings. The monoisotopic (exact) mass is 284 g/mol. The van der Waals surface area contributed by atoms with E-state index in [1.54, 1.807) is 6.20 Å². The van der Waals surface area contributed by atoms with Gasteiger partial charge in [-0.1, -0.05) is 31.9 Å². The largest absolute Gasteiger partial charge is 0.370 e. The number of unbranched alkanes of at least 4 members (excludes halogenated alkanes) is 2. The van der Waals surface area contributed by atoms with Crippen LogP contribution in [0, 0.1) is 13.8 Å². The Morgan fingerprint density at radius 3 is 2.76 bits per heavy atom. The second-order valence-electron chi connectivity index (χ2n) is 5.27. The maximum Gasteiger partial charge on any atom is 0.229 e. The van der Waals surface area contributed by atoms with E-state index < -0.39 is 0 Å². The van der Waals surface area contributed by atoms with Crippen molar-refractivity contribution >= 4 is 17.5 Å². The van der Waals surface area contributed by atoms with Crippen LogP contribution in [0.3, 0.4) is 0 Å². The summed E-state index contributed by atoms with van der Waals surface area (Å²) in [5, 5.41) is 6.63. The van der Waals surface area contributed by atoms with Crippen molar-refractivity contribution in [1.82, 2.24) is 9.97 Å². The number of anilines is 3. The summed E-state index contributed by atoms with van der Waals surface area (Å²) in [7, 11) is 0. The van der Waals surface area contributed by atoms with Crippen LogP contribution in [0.2, 0.25) is 0 Å². The van der Waals surface area contributed by atoms with E-state index in [1.165, 1.54) is 30.4 Å². The molecule has 0 spiro atoms. The molecule has 1 aromatic carbocycles. The Balaban J connectivity index is 2.02. The van der Waals surface area contributed by atoms with Gasteiger partial charge in [0.1, 0.15) is 5.82 Å². The lowest BCUT2D eigenvalue weighted by atomic mass is 10.1. The molecule has 21 heavy (non-hydrogen) atoms. The van der Waals surface area contributed by atoms with Crippen molar-refractivity contribution in [2.45, 2.75) is 40.0 Å². The van der Waals surface area contributed by atoms with E-state index in [2.05, 4.69) is 47.4 Å². The normalized spacial score (nSPS) is 10.4. The molecule has 0 atom stereocenters. The Morgan fingerprint density at radius 1 is 1.10 bits per heavy atom. The zero-order chi connectivity index (χ0) is 15.1. The lowest BCUT2D eigenvalue weighted by molar-refractivity contribution is 0.742. The summed E-state index contributed by atoms with van der Waals surface area (Å²) in [5.74, 6) is 1.50. The minimum atomic E-state index is 0.629. The number of nitrogens with zero attached hydrogens (tertiary/aromatic N) is 2. The number of aromatic nitrogens is 2. The van der Waals surface area contributed by atoms with Gasteiger partial charge in [0.25, 0.3) is 0 Å². The Morgan fingerprint density at radius 2 is 1.95 bits per heavy atom. The molecule has 0 aliphatic heterocycles. The van der Waals surface area contributed by atoms with Crippen LogP contribution in [-0.2, 0) is 0 Å². The highest BCUT2D eigenvalue weighted by Gasteiger charge is 2.03. The molecule has 0 aliphatic carbocycles. The van der Waals surface area contributed by atoms with E-state index in [-0.39, 0.29) is 0 Å². The first-order valence-corrected chi connectivity index (χ1v) is 7.61. The first kappa shape index (κ1) is 15.3. The van der Waals surface area contributed by atoms with Crippen LogP contribution in [-0.4, -0.2) is 16.5 Å². The summed E-state index contributed by atoms with van der Waals surface area (Å²) in [4.78, 5) is 8.79. The van der Waals surface area contributed by atoms with Crippen LogP contribution < -0.4 is 10.6 Å². The van der Waals surface area contributed by atoms with E-state index in [0.29, 0.717) is 5.95 Å². The third kappa shape index (κ3) is 4.45. The second kappa shape index (κ2) is 7.62. The van der Waals surface area contributed by atoms with Gasteiger partial charge in [0.15, 0.2) is 0 Å². The lowest BCUT2D eigenvalue weighted by Crippen LogP contribution is -2.06. The third-order valence-electron chi connectivity index (χ3n) is 3.59. The molecule has 0 bridgehead atoms. The average Bonchev–Trinajstić information content (AvgIpc) is 2.49. The fourth-order valence-electron chi connectivity index (χ4n) is 2.12. The summed E-state index contributed by atoms with van der Waals surface area (Å²) < 4.78 is 0. The quantitative estimate of drug-likeness (QED) is 0.738. The van der Waals surface area contributed by atoms with Crippen molar-refractivity contribution in [3.05, 3.63) is 41.6 Å². The molecular weight excluding hydrogens is 260 g/mol. The summed E-state index contributed by atoms with van der Waals surface area (Å²) >= 11 is 0. The number of hydrogen-bond acceptors (Lipinski definition) is 4. The molecule has 0 saturated heterocycles. The van der Waals surface area contributed by atoms with Crippen LogP contribution in [0.15, 0.2) is 30.5 Å². The molecule has 0 radical (unpaired) electrons. The summed E-state index contributed by atoms with van der Waals surface area (Å²) in [6, 6.07) is 8.10. The molecule has 0 saturated carbocycles. The fourth-order valence-corrected chi connectivity index (χ4v) is 2.12. The maximum atomic E-state index is 4.50. The molecule has 4 nitrogen and oxygen atoms in total. The van der Waals surface area contributed by atoms with Crippen LogP contribution in [0.1, 0.15) is 37.3 Å². The van der Waals surface area contributed by atoms with Crippen LogP contribution in [0.25, 0.3) is 0 Å². The van der Waals surface area contributed by atoms with Gasteiger partial charge in [0, 0.05) is 18.4 Å². The second-order valence-corrected chi connectivity index (χ2v) is 5.27. The van der Waals surface area contributed by atoms with Gasteiger partial charge in [-0.15, -0.1) is 0 Å². The van der Waals surface area contributed by atoms with E-state index in [4.69, 9.17) is 0 Å². The minimum Gasteiger partial charge on any atom is -0.370 e. The molecule has 4 heteroatoms. The number of aryl methyl sites for hydroxylation is 1. The van der Waals surface area contributed by atoms with Crippen molar-refractivity contribution in [3.8, 4) is 0 Å². The van der Waals surface area contributed by atoms with E-state index in [9.17, 15) is 0 Å². The Labute approximate surface area is 127 Å². The molecule has 2 rings (SSSR count). The van der Waals surface area contributed by atoms with Crippen LogP contribution in [0.5, 0.6) is 0 Å². The van der Waals surface area contributed by atoms with Crippen molar-refractivity contribution in [1.29, 1.82) is 0 Å². The van der Waals surface area contributed by atoms with E-state index in [0.717, 1.165) is 18.1 Å².